The van der Waals surface area contributed by atoms with Gasteiger partial charge in [0.15, 0.2) is 0 Å². The van der Waals surface area contributed by atoms with Gasteiger partial charge in [-0.3, -0.25) is 9.87 Å². The maximum absolute atomic E-state index is 10.1. The predicted octanol–water partition coefficient (Wildman–Crippen LogP) is -0.239. The van der Waals surface area contributed by atoms with Gasteiger partial charge in [0, 0.05) is 0 Å². The summed E-state index contributed by atoms with van der Waals surface area (Å²) in [7, 11) is -2.77. The van der Waals surface area contributed by atoms with E-state index < -0.39 is 16.6 Å². The van der Waals surface area contributed by atoms with E-state index in [9.17, 15) is 8.42 Å². The average Bonchev–Trinajstić information content (AvgIpc) is 1.81. The molecule has 0 heterocycles. The molecule has 0 amide bonds. The lowest BCUT2D eigenvalue weighted by atomic mass is 10.4. The van der Waals surface area contributed by atoms with Crippen molar-refractivity contribution < 1.29 is 17.2 Å². The first-order valence-corrected chi connectivity index (χ1v) is 4.19. The fourth-order valence-corrected chi connectivity index (χ4v) is 0.993. The molecule has 0 radical (unpaired) electrons. The highest BCUT2D eigenvalue weighted by Gasteiger charge is 2.11. The van der Waals surface area contributed by atoms with Crippen LogP contribution < -0.4 is 5.32 Å². The summed E-state index contributed by atoms with van der Waals surface area (Å²) in [5, 5.41) is 2.55. The van der Waals surface area contributed by atoms with Gasteiger partial charge in [-0.05, 0) is 13.5 Å². The van der Waals surface area contributed by atoms with E-state index in [1.165, 1.54) is 0 Å². The summed E-state index contributed by atoms with van der Waals surface area (Å²) < 4.78 is 32.4. The first-order valence-electron chi connectivity index (χ1n) is 2.82. The molecule has 0 aliphatic heterocycles. The van der Waals surface area contributed by atoms with Crippen molar-refractivity contribution in [2.75, 3.05) is 7.05 Å². The summed E-state index contributed by atoms with van der Waals surface area (Å²) in [6.07, 6.45) is -0.175. The van der Waals surface area contributed by atoms with E-state index in [0.717, 1.165) is 0 Å². The molecule has 0 spiro atoms. The first kappa shape index (κ1) is 9.83. The Morgan fingerprint density at radius 1 is 1.70 bits per heavy atom. The molecule has 0 aliphatic carbocycles. The molecule has 0 saturated carbocycles. The monoisotopic (exact) mass is 169 g/mol. The van der Waals surface area contributed by atoms with E-state index in [1.54, 1.807) is 14.0 Å². The minimum atomic E-state index is -4.31. The molecule has 0 bridgehead atoms. The number of nitrogens with one attached hydrogen (secondary N) is 1. The largest absolute Gasteiger partial charge is 0.398 e. The van der Waals surface area contributed by atoms with Crippen molar-refractivity contribution in [3.63, 3.8) is 0 Å². The Kier molecular flexibility index (Phi) is 3.80. The van der Waals surface area contributed by atoms with Crippen molar-refractivity contribution in [3.05, 3.63) is 0 Å². The van der Waals surface area contributed by atoms with Crippen molar-refractivity contribution in [3.8, 4) is 0 Å². The SMILES string of the molecule is CCC(NC)OS(=O)(=O)O. The van der Waals surface area contributed by atoms with Crippen molar-refractivity contribution in [2.24, 2.45) is 0 Å². The van der Waals surface area contributed by atoms with Crippen LogP contribution in [0.1, 0.15) is 13.3 Å². The predicted molar refractivity (Wildman–Crippen MR) is 35.8 cm³/mol. The molecular weight excluding hydrogens is 158 g/mol. The number of hydrogen-bond donors (Lipinski definition) is 2. The fraction of sp³-hybridized carbons (Fsp3) is 1.00. The molecule has 1 unspecified atom stereocenters. The van der Waals surface area contributed by atoms with Gasteiger partial charge in [0.1, 0.15) is 6.23 Å². The molecule has 62 valence electrons. The van der Waals surface area contributed by atoms with Gasteiger partial charge in [-0.25, -0.2) is 4.18 Å². The van der Waals surface area contributed by atoms with Gasteiger partial charge in [-0.2, -0.15) is 8.42 Å². The van der Waals surface area contributed by atoms with Crippen LogP contribution in [0.15, 0.2) is 0 Å². The highest BCUT2D eigenvalue weighted by molar-refractivity contribution is 7.80. The van der Waals surface area contributed by atoms with E-state index in [2.05, 4.69) is 9.50 Å². The second-order valence-electron chi connectivity index (χ2n) is 1.71. The molecule has 1 atom stereocenters. The summed E-state index contributed by atoms with van der Waals surface area (Å²) in [6.45, 7) is 1.73. The van der Waals surface area contributed by atoms with Gasteiger partial charge >= 0.3 is 10.4 Å². The zero-order valence-electron chi connectivity index (χ0n) is 5.86. The minimum Gasteiger partial charge on any atom is -0.294 e. The van der Waals surface area contributed by atoms with Gasteiger partial charge in [0.05, 0.1) is 0 Å². The lowest BCUT2D eigenvalue weighted by Gasteiger charge is -2.10. The quantitative estimate of drug-likeness (QED) is 0.449. The second kappa shape index (κ2) is 3.87. The molecule has 10 heavy (non-hydrogen) atoms. The minimum absolute atomic E-state index is 0.469. The molecule has 2 N–H and O–H groups in total. The normalized spacial score (nSPS) is 15.1. The van der Waals surface area contributed by atoms with E-state index in [0.29, 0.717) is 6.42 Å². The number of hydrogen-bond acceptors (Lipinski definition) is 4. The molecule has 5 nitrogen and oxygen atoms in total. The molecule has 0 saturated heterocycles. The molecule has 0 aliphatic rings. The van der Waals surface area contributed by atoms with Crippen LogP contribution in [0.5, 0.6) is 0 Å². The van der Waals surface area contributed by atoms with Crippen molar-refractivity contribution in [2.45, 2.75) is 19.6 Å². The van der Waals surface area contributed by atoms with Crippen LogP contribution in [-0.2, 0) is 14.6 Å². The average molecular weight is 169 g/mol. The van der Waals surface area contributed by atoms with Crippen LogP contribution in [0, 0.1) is 0 Å². The zero-order chi connectivity index (χ0) is 8.20. The van der Waals surface area contributed by atoms with Crippen LogP contribution in [-0.4, -0.2) is 26.2 Å². The van der Waals surface area contributed by atoms with Crippen molar-refractivity contribution >= 4 is 10.4 Å². The summed E-state index contributed by atoms with van der Waals surface area (Å²) in [4.78, 5) is 0. The lowest BCUT2D eigenvalue weighted by Crippen LogP contribution is -2.29. The summed E-state index contributed by atoms with van der Waals surface area (Å²) >= 11 is 0. The Balaban J connectivity index is 3.87. The Labute approximate surface area is 60.3 Å². The van der Waals surface area contributed by atoms with Crippen LogP contribution in [0.2, 0.25) is 0 Å². The van der Waals surface area contributed by atoms with Gasteiger partial charge in [-0.15, -0.1) is 0 Å². The van der Waals surface area contributed by atoms with E-state index in [4.69, 9.17) is 4.55 Å². The molecule has 0 aromatic carbocycles. The van der Waals surface area contributed by atoms with Gasteiger partial charge in [0.2, 0.25) is 0 Å². The summed E-state index contributed by atoms with van der Waals surface area (Å²) in [5.41, 5.74) is 0. The van der Waals surface area contributed by atoms with Crippen molar-refractivity contribution in [1.82, 2.24) is 5.32 Å². The van der Waals surface area contributed by atoms with Gasteiger partial charge in [0.25, 0.3) is 0 Å². The maximum atomic E-state index is 10.1. The third kappa shape index (κ3) is 4.68. The van der Waals surface area contributed by atoms with Crippen LogP contribution in [0.4, 0.5) is 0 Å². The summed E-state index contributed by atoms with van der Waals surface area (Å²) in [6, 6.07) is 0. The molecule has 6 heteroatoms. The Bertz CT molecular complexity index is 172. The number of rotatable bonds is 4. The highest BCUT2D eigenvalue weighted by Crippen LogP contribution is 1.96. The highest BCUT2D eigenvalue weighted by atomic mass is 32.3. The topological polar surface area (TPSA) is 75.6 Å². The summed E-state index contributed by atoms with van der Waals surface area (Å²) in [5.74, 6) is 0. The maximum Gasteiger partial charge on any atom is 0.398 e. The molecule has 0 fully saturated rings. The first-order chi connectivity index (χ1) is 4.49. The Hall–Kier alpha value is -0.170. The van der Waals surface area contributed by atoms with Crippen LogP contribution >= 0.6 is 0 Å². The van der Waals surface area contributed by atoms with E-state index >= 15 is 0 Å². The van der Waals surface area contributed by atoms with Crippen molar-refractivity contribution in [1.29, 1.82) is 0 Å². The Morgan fingerprint density at radius 3 is 2.30 bits per heavy atom. The smallest absolute Gasteiger partial charge is 0.294 e. The molecule has 0 rings (SSSR count). The second-order valence-corrected chi connectivity index (χ2v) is 2.76. The zero-order valence-corrected chi connectivity index (χ0v) is 6.68. The van der Waals surface area contributed by atoms with Gasteiger partial charge in [-0.1, -0.05) is 6.92 Å². The van der Waals surface area contributed by atoms with E-state index in [-0.39, 0.29) is 0 Å². The molecular formula is C4H11NO4S. The lowest BCUT2D eigenvalue weighted by molar-refractivity contribution is 0.154. The third-order valence-corrected chi connectivity index (χ3v) is 1.41. The van der Waals surface area contributed by atoms with E-state index in [1.807, 2.05) is 0 Å². The molecule has 0 aromatic heterocycles. The fourth-order valence-electron chi connectivity index (χ4n) is 0.467. The standard InChI is InChI=1S/C4H11NO4S/c1-3-4(5-2)9-10(6,7)8/h4-5H,3H2,1-2H3,(H,6,7,8). The third-order valence-electron chi connectivity index (χ3n) is 0.931. The Morgan fingerprint density at radius 2 is 2.20 bits per heavy atom. The molecule has 0 aromatic rings. The van der Waals surface area contributed by atoms with Gasteiger partial charge < -0.3 is 0 Å². The van der Waals surface area contributed by atoms with Crippen LogP contribution in [0.25, 0.3) is 0 Å². The van der Waals surface area contributed by atoms with Crippen LogP contribution in [0.3, 0.4) is 0 Å².